The summed E-state index contributed by atoms with van der Waals surface area (Å²) in [6.07, 6.45) is 5.40. The standard InChI is InChI=1S/C21H25N3O4/c25-11-1-2-14-7-9-23(10-8-14)16-3-4-17-15(12-16)13-24(21(17)28)18-5-6-19(26)22-20(18)27/h3-4,11-12,14,18H,1-2,5-10,13H2,(H,22,26,27). The minimum Gasteiger partial charge on any atom is -0.372 e. The highest BCUT2D eigenvalue weighted by molar-refractivity contribution is 6.05. The lowest BCUT2D eigenvalue weighted by molar-refractivity contribution is -0.136. The van der Waals surface area contributed by atoms with Crippen LogP contribution in [0.4, 0.5) is 5.69 Å². The van der Waals surface area contributed by atoms with Crippen LogP contribution in [-0.4, -0.2) is 48.0 Å². The summed E-state index contributed by atoms with van der Waals surface area (Å²) in [5.41, 5.74) is 2.69. The molecule has 0 aliphatic carbocycles. The monoisotopic (exact) mass is 383 g/mol. The number of piperidine rings is 2. The largest absolute Gasteiger partial charge is 0.372 e. The number of amides is 3. The Morgan fingerprint density at radius 1 is 1.11 bits per heavy atom. The summed E-state index contributed by atoms with van der Waals surface area (Å²) >= 11 is 0. The second-order valence-electron chi connectivity index (χ2n) is 7.92. The van der Waals surface area contributed by atoms with E-state index in [-0.39, 0.29) is 24.1 Å². The topological polar surface area (TPSA) is 86.8 Å². The predicted octanol–water partition coefficient (Wildman–Crippen LogP) is 1.64. The van der Waals surface area contributed by atoms with Crippen molar-refractivity contribution in [3.8, 4) is 0 Å². The molecule has 4 rings (SSSR count). The summed E-state index contributed by atoms with van der Waals surface area (Å²) in [5.74, 6) is -0.177. The molecule has 1 aromatic carbocycles. The van der Waals surface area contributed by atoms with Gasteiger partial charge >= 0.3 is 0 Å². The normalized spacial score (nSPS) is 23.0. The first-order valence-electron chi connectivity index (χ1n) is 10.0. The zero-order valence-corrected chi connectivity index (χ0v) is 15.9. The van der Waals surface area contributed by atoms with Gasteiger partial charge < -0.3 is 14.6 Å². The average molecular weight is 383 g/mol. The molecule has 7 heteroatoms. The molecule has 3 amide bonds. The number of carbonyl (C=O) groups is 4. The maximum absolute atomic E-state index is 12.8. The van der Waals surface area contributed by atoms with Gasteiger partial charge in [0, 0.05) is 43.7 Å². The Hall–Kier alpha value is -2.70. The van der Waals surface area contributed by atoms with Gasteiger partial charge in [0.15, 0.2) is 0 Å². The molecule has 2 fully saturated rings. The predicted molar refractivity (Wildman–Crippen MR) is 103 cm³/mol. The maximum Gasteiger partial charge on any atom is 0.255 e. The zero-order valence-electron chi connectivity index (χ0n) is 15.9. The number of nitrogens with zero attached hydrogens (tertiary/aromatic N) is 2. The molecule has 28 heavy (non-hydrogen) atoms. The van der Waals surface area contributed by atoms with Crippen molar-refractivity contribution in [2.45, 2.75) is 51.1 Å². The molecule has 0 spiro atoms. The van der Waals surface area contributed by atoms with E-state index >= 15 is 0 Å². The SMILES string of the molecule is O=CCCC1CCN(c2ccc3c(c2)CN(C2CCC(=O)NC2=O)C3=O)CC1. The van der Waals surface area contributed by atoms with Crippen molar-refractivity contribution in [2.75, 3.05) is 18.0 Å². The highest BCUT2D eigenvalue weighted by Crippen LogP contribution is 2.32. The van der Waals surface area contributed by atoms with E-state index in [0.29, 0.717) is 30.9 Å². The molecule has 3 heterocycles. The molecule has 1 N–H and O–H groups in total. The second-order valence-corrected chi connectivity index (χ2v) is 7.92. The van der Waals surface area contributed by atoms with Crippen molar-refractivity contribution in [1.82, 2.24) is 10.2 Å². The van der Waals surface area contributed by atoms with Crippen molar-refractivity contribution < 1.29 is 19.2 Å². The molecule has 0 bridgehead atoms. The van der Waals surface area contributed by atoms with E-state index in [1.807, 2.05) is 12.1 Å². The summed E-state index contributed by atoms with van der Waals surface area (Å²) in [7, 11) is 0. The lowest BCUT2D eigenvalue weighted by atomic mass is 9.92. The number of fused-ring (bicyclic) bond motifs is 1. The summed E-state index contributed by atoms with van der Waals surface area (Å²) in [6.45, 7) is 2.31. The molecule has 1 aromatic rings. The first-order chi connectivity index (χ1) is 13.6. The number of carbonyl (C=O) groups excluding carboxylic acids is 4. The molecular formula is C21H25N3O4. The smallest absolute Gasteiger partial charge is 0.255 e. The second kappa shape index (κ2) is 7.73. The molecule has 1 atom stereocenters. The van der Waals surface area contributed by atoms with Crippen LogP contribution in [-0.2, 0) is 20.9 Å². The molecule has 1 unspecified atom stereocenters. The van der Waals surface area contributed by atoms with Crippen LogP contribution in [0.3, 0.4) is 0 Å². The van der Waals surface area contributed by atoms with Crippen LogP contribution in [0.15, 0.2) is 18.2 Å². The van der Waals surface area contributed by atoms with Crippen molar-refractivity contribution in [1.29, 1.82) is 0 Å². The molecule has 7 nitrogen and oxygen atoms in total. The van der Waals surface area contributed by atoms with Crippen molar-refractivity contribution in [2.24, 2.45) is 5.92 Å². The number of aldehydes is 1. The zero-order chi connectivity index (χ0) is 19.7. The highest BCUT2D eigenvalue weighted by atomic mass is 16.2. The minimum absolute atomic E-state index is 0.136. The Morgan fingerprint density at radius 3 is 2.61 bits per heavy atom. The molecule has 2 saturated heterocycles. The third kappa shape index (κ3) is 3.53. The summed E-state index contributed by atoms with van der Waals surface area (Å²) < 4.78 is 0. The van der Waals surface area contributed by atoms with Gasteiger partial charge in [-0.3, -0.25) is 19.7 Å². The number of nitrogens with one attached hydrogen (secondary N) is 1. The van der Waals surface area contributed by atoms with Crippen LogP contribution in [0.5, 0.6) is 0 Å². The third-order valence-electron chi connectivity index (χ3n) is 6.18. The molecule has 3 aliphatic heterocycles. The molecule has 0 saturated carbocycles. The number of imide groups is 1. The quantitative estimate of drug-likeness (QED) is 0.617. The number of rotatable bonds is 5. The van der Waals surface area contributed by atoms with E-state index in [4.69, 9.17) is 0 Å². The molecule has 148 valence electrons. The van der Waals surface area contributed by atoms with Crippen molar-refractivity contribution in [3.63, 3.8) is 0 Å². The molecule has 3 aliphatic rings. The van der Waals surface area contributed by atoms with Crippen molar-refractivity contribution in [3.05, 3.63) is 29.3 Å². The number of anilines is 1. The lowest BCUT2D eigenvalue weighted by Gasteiger charge is -2.33. The minimum atomic E-state index is -0.574. The van der Waals surface area contributed by atoms with Crippen LogP contribution < -0.4 is 10.2 Å². The van der Waals surface area contributed by atoms with Crippen LogP contribution in [0, 0.1) is 5.92 Å². The van der Waals surface area contributed by atoms with E-state index in [0.717, 1.165) is 49.9 Å². The summed E-state index contributed by atoms with van der Waals surface area (Å²) in [6, 6.07) is 5.33. The number of benzene rings is 1. The highest BCUT2D eigenvalue weighted by Gasteiger charge is 2.39. The van der Waals surface area contributed by atoms with Gasteiger partial charge in [-0.1, -0.05) is 0 Å². The number of hydrogen-bond donors (Lipinski definition) is 1. The van der Waals surface area contributed by atoms with Crippen LogP contribution in [0.1, 0.15) is 54.4 Å². The summed E-state index contributed by atoms with van der Waals surface area (Å²) in [5, 5.41) is 2.33. The average Bonchev–Trinajstić information content (AvgIpc) is 3.02. The fourth-order valence-corrected chi connectivity index (χ4v) is 4.54. The Morgan fingerprint density at radius 2 is 1.89 bits per heavy atom. The van der Waals surface area contributed by atoms with Gasteiger partial charge in [0.25, 0.3) is 5.91 Å². The maximum atomic E-state index is 12.8. The Bertz CT molecular complexity index is 814. The lowest BCUT2D eigenvalue weighted by Crippen LogP contribution is -2.52. The van der Waals surface area contributed by atoms with Crippen LogP contribution in [0.2, 0.25) is 0 Å². The van der Waals surface area contributed by atoms with Gasteiger partial charge in [-0.05, 0) is 55.4 Å². The van der Waals surface area contributed by atoms with Gasteiger partial charge in [-0.15, -0.1) is 0 Å². The fraction of sp³-hybridized carbons (Fsp3) is 0.524. The molecule has 0 radical (unpaired) electrons. The van der Waals surface area contributed by atoms with Gasteiger partial charge in [-0.2, -0.15) is 0 Å². The first kappa shape index (κ1) is 18.7. The van der Waals surface area contributed by atoms with Gasteiger partial charge in [0.2, 0.25) is 11.8 Å². The molecular weight excluding hydrogens is 358 g/mol. The Balaban J connectivity index is 1.44. The summed E-state index contributed by atoms with van der Waals surface area (Å²) in [4.78, 5) is 50.8. The van der Waals surface area contributed by atoms with E-state index < -0.39 is 6.04 Å². The van der Waals surface area contributed by atoms with Crippen molar-refractivity contribution >= 4 is 29.7 Å². The van der Waals surface area contributed by atoms with E-state index in [9.17, 15) is 19.2 Å². The van der Waals surface area contributed by atoms with E-state index in [1.165, 1.54) is 0 Å². The van der Waals surface area contributed by atoms with Crippen LogP contribution in [0.25, 0.3) is 0 Å². The third-order valence-corrected chi connectivity index (χ3v) is 6.18. The van der Waals surface area contributed by atoms with E-state index in [1.54, 1.807) is 4.90 Å². The van der Waals surface area contributed by atoms with E-state index in [2.05, 4.69) is 16.3 Å². The van der Waals surface area contributed by atoms with Gasteiger partial charge in [0.05, 0.1) is 0 Å². The Labute approximate surface area is 164 Å². The molecule has 0 aromatic heterocycles. The van der Waals surface area contributed by atoms with Gasteiger partial charge in [0.1, 0.15) is 12.3 Å². The van der Waals surface area contributed by atoms with Crippen LogP contribution >= 0.6 is 0 Å². The Kier molecular flexibility index (Phi) is 5.15. The number of hydrogen-bond acceptors (Lipinski definition) is 5. The fourth-order valence-electron chi connectivity index (χ4n) is 4.54. The van der Waals surface area contributed by atoms with Gasteiger partial charge in [-0.25, -0.2) is 0 Å². The first-order valence-corrected chi connectivity index (χ1v) is 10.0.